The summed E-state index contributed by atoms with van der Waals surface area (Å²) in [5.74, 6) is 0.848. The zero-order valence-electron chi connectivity index (χ0n) is 10.4. The molecule has 0 saturated heterocycles. The lowest BCUT2D eigenvalue weighted by Gasteiger charge is -2.08. The molecule has 3 aromatic rings. The van der Waals surface area contributed by atoms with E-state index >= 15 is 0 Å². The van der Waals surface area contributed by atoms with E-state index in [0.717, 1.165) is 26.9 Å². The summed E-state index contributed by atoms with van der Waals surface area (Å²) in [4.78, 5) is 4.54. The van der Waals surface area contributed by atoms with Crippen molar-refractivity contribution in [3.8, 4) is 17.0 Å². The van der Waals surface area contributed by atoms with E-state index in [-0.39, 0.29) is 0 Å². The highest BCUT2D eigenvalue weighted by molar-refractivity contribution is 9.10. The summed E-state index contributed by atoms with van der Waals surface area (Å²) in [6, 6.07) is 16.1. The molecular weight excluding hydrogens is 302 g/mol. The molecule has 0 atom stereocenters. The average Bonchev–Trinajstić information content (AvgIpc) is 2.48. The summed E-state index contributed by atoms with van der Waals surface area (Å²) >= 11 is 3.66. The van der Waals surface area contributed by atoms with Crippen molar-refractivity contribution in [2.24, 2.45) is 0 Å². The van der Waals surface area contributed by atoms with E-state index in [0.29, 0.717) is 0 Å². The van der Waals surface area contributed by atoms with Crippen molar-refractivity contribution in [2.75, 3.05) is 7.11 Å². The molecule has 0 unspecified atom stereocenters. The van der Waals surface area contributed by atoms with Crippen LogP contribution >= 0.6 is 15.9 Å². The van der Waals surface area contributed by atoms with Crippen LogP contribution in [-0.2, 0) is 0 Å². The van der Waals surface area contributed by atoms with Gasteiger partial charge in [-0.25, -0.2) is 0 Å². The first-order chi connectivity index (χ1) is 9.29. The molecule has 0 spiro atoms. The van der Waals surface area contributed by atoms with Crippen LogP contribution < -0.4 is 4.74 Å². The molecule has 0 aliphatic carbocycles. The summed E-state index contributed by atoms with van der Waals surface area (Å²) in [7, 11) is 1.67. The Bertz CT molecular complexity index is 722. The number of nitrogens with zero attached hydrogens (tertiary/aromatic N) is 1. The largest absolute Gasteiger partial charge is 0.497 e. The number of halogens is 1. The molecule has 94 valence electrons. The van der Waals surface area contributed by atoms with Crippen LogP contribution in [0, 0.1) is 0 Å². The van der Waals surface area contributed by atoms with Crippen molar-refractivity contribution in [1.29, 1.82) is 0 Å². The number of hydrogen-bond acceptors (Lipinski definition) is 2. The zero-order valence-corrected chi connectivity index (χ0v) is 12.0. The number of hydrogen-bond donors (Lipinski definition) is 0. The molecular formula is C16H12BrNO. The van der Waals surface area contributed by atoms with Gasteiger partial charge in [-0.15, -0.1) is 0 Å². The van der Waals surface area contributed by atoms with Crippen LogP contribution in [0.3, 0.4) is 0 Å². The lowest BCUT2D eigenvalue weighted by atomic mass is 10.1. The van der Waals surface area contributed by atoms with Crippen molar-refractivity contribution < 1.29 is 4.74 Å². The maximum Gasteiger partial charge on any atom is 0.118 e. The Kier molecular flexibility index (Phi) is 3.22. The van der Waals surface area contributed by atoms with Crippen LogP contribution in [0.1, 0.15) is 0 Å². The average molecular weight is 314 g/mol. The Hall–Kier alpha value is -1.87. The summed E-state index contributed by atoms with van der Waals surface area (Å²) in [6.07, 6.45) is 1.90. The van der Waals surface area contributed by atoms with Crippen LogP contribution in [0.25, 0.3) is 22.0 Å². The standard InChI is InChI=1S/C16H12BrNO/c1-19-13-8-6-11(7-9-13)16-15(17)14-5-3-2-4-12(14)10-18-16/h2-10H,1H3. The second kappa shape index (κ2) is 5.02. The molecule has 0 fully saturated rings. The van der Waals surface area contributed by atoms with E-state index in [1.54, 1.807) is 7.11 Å². The van der Waals surface area contributed by atoms with Gasteiger partial charge < -0.3 is 4.74 Å². The molecule has 2 nitrogen and oxygen atoms in total. The second-order valence-electron chi connectivity index (χ2n) is 4.24. The van der Waals surface area contributed by atoms with Gasteiger partial charge in [0.15, 0.2) is 0 Å². The SMILES string of the molecule is COc1ccc(-c2ncc3ccccc3c2Br)cc1. The maximum absolute atomic E-state index is 5.17. The molecule has 19 heavy (non-hydrogen) atoms. The van der Waals surface area contributed by atoms with Crippen molar-refractivity contribution in [2.45, 2.75) is 0 Å². The van der Waals surface area contributed by atoms with Crippen LogP contribution in [-0.4, -0.2) is 12.1 Å². The third-order valence-corrected chi connectivity index (χ3v) is 3.90. The number of rotatable bonds is 2. The van der Waals surface area contributed by atoms with Crippen molar-refractivity contribution in [3.05, 3.63) is 59.2 Å². The number of ether oxygens (including phenoxy) is 1. The Morgan fingerprint density at radius 3 is 2.47 bits per heavy atom. The molecule has 1 aromatic heterocycles. The van der Waals surface area contributed by atoms with Crippen molar-refractivity contribution in [3.63, 3.8) is 0 Å². The zero-order chi connectivity index (χ0) is 13.2. The van der Waals surface area contributed by atoms with E-state index in [1.165, 1.54) is 5.39 Å². The molecule has 0 N–H and O–H groups in total. The summed E-state index contributed by atoms with van der Waals surface area (Å²) in [6.45, 7) is 0. The molecule has 2 aromatic carbocycles. The third-order valence-electron chi connectivity index (χ3n) is 3.10. The highest BCUT2D eigenvalue weighted by atomic mass is 79.9. The molecule has 3 heteroatoms. The minimum atomic E-state index is 0.848. The second-order valence-corrected chi connectivity index (χ2v) is 5.03. The van der Waals surface area contributed by atoms with Gasteiger partial charge in [-0.2, -0.15) is 0 Å². The third kappa shape index (κ3) is 2.22. The highest BCUT2D eigenvalue weighted by Gasteiger charge is 2.08. The number of aromatic nitrogens is 1. The first kappa shape index (κ1) is 12.2. The van der Waals surface area contributed by atoms with E-state index in [2.05, 4.69) is 33.0 Å². The molecule has 0 saturated carbocycles. The predicted octanol–water partition coefficient (Wildman–Crippen LogP) is 4.67. The quantitative estimate of drug-likeness (QED) is 0.685. The monoisotopic (exact) mass is 313 g/mol. The van der Waals surface area contributed by atoms with E-state index < -0.39 is 0 Å². The van der Waals surface area contributed by atoms with E-state index in [4.69, 9.17) is 4.74 Å². The van der Waals surface area contributed by atoms with Gasteiger partial charge in [0.05, 0.1) is 17.3 Å². The van der Waals surface area contributed by atoms with E-state index in [1.807, 2.05) is 42.6 Å². The van der Waals surface area contributed by atoms with Crippen LogP contribution in [0.5, 0.6) is 5.75 Å². The van der Waals surface area contributed by atoms with Crippen LogP contribution in [0.4, 0.5) is 0 Å². The van der Waals surface area contributed by atoms with Crippen molar-refractivity contribution >= 4 is 26.7 Å². The molecule has 0 aliphatic rings. The van der Waals surface area contributed by atoms with Crippen molar-refractivity contribution in [1.82, 2.24) is 4.98 Å². The van der Waals surface area contributed by atoms with Crippen LogP contribution in [0.15, 0.2) is 59.2 Å². The number of benzene rings is 2. The fourth-order valence-electron chi connectivity index (χ4n) is 2.08. The predicted molar refractivity (Wildman–Crippen MR) is 81.4 cm³/mol. The molecule has 0 radical (unpaired) electrons. The summed E-state index contributed by atoms with van der Waals surface area (Å²) in [5, 5.41) is 2.30. The maximum atomic E-state index is 5.17. The first-order valence-corrected chi connectivity index (χ1v) is 6.76. The van der Waals surface area contributed by atoms with Crippen LogP contribution in [0.2, 0.25) is 0 Å². The van der Waals surface area contributed by atoms with Gasteiger partial charge >= 0.3 is 0 Å². The Balaban J connectivity index is 2.16. The molecule has 1 heterocycles. The van der Waals surface area contributed by atoms with Gasteiger partial charge in [-0.05, 0) is 45.6 Å². The number of fused-ring (bicyclic) bond motifs is 1. The summed E-state index contributed by atoms with van der Waals surface area (Å²) < 4.78 is 6.20. The topological polar surface area (TPSA) is 22.1 Å². The molecule has 0 amide bonds. The smallest absolute Gasteiger partial charge is 0.118 e. The fraction of sp³-hybridized carbons (Fsp3) is 0.0625. The molecule has 3 rings (SSSR count). The van der Waals surface area contributed by atoms with Gasteiger partial charge in [0.25, 0.3) is 0 Å². The number of methoxy groups -OCH3 is 1. The normalized spacial score (nSPS) is 10.6. The Morgan fingerprint density at radius 2 is 1.74 bits per heavy atom. The Labute approximate surface area is 120 Å². The fourth-order valence-corrected chi connectivity index (χ4v) is 2.77. The lowest BCUT2D eigenvalue weighted by molar-refractivity contribution is 0.415. The van der Waals surface area contributed by atoms with Gasteiger partial charge in [-0.1, -0.05) is 24.3 Å². The molecule has 0 aliphatic heterocycles. The number of pyridine rings is 1. The Morgan fingerprint density at radius 1 is 1.00 bits per heavy atom. The van der Waals surface area contributed by atoms with Gasteiger partial charge in [-0.3, -0.25) is 4.98 Å². The summed E-state index contributed by atoms with van der Waals surface area (Å²) in [5.41, 5.74) is 2.01. The van der Waals surface area contributed by atoms with Gasteiger partial charge in [0.2, 0.25) is 0 Å². The van der Waals surface area contributed by atoms with E-state index in [9.17, 15) is 0 Å². The van der Waals surface area contributed by atoms with Gasteiger partial charge in [0, 0.05) is 17.1 Å². The minimum absolute atomic E-state index is 0.848. The minimum Gasteiger partial charge on any atom is -0.497 e. The highest BCUT2D eigenvalue weighted by Crippen LogP contribution is 2.33. The molecule has 0 bridgehead atoms. The first-order valence-electron chi connectivity index (χ1n) is 5.97. The lowest BCUT2D eigenvalue weighted by Crippen LogP contribution is -1.88. The van der Waals surface area contributed by atoms with Gasteiger partial charge in [0.1, 0.15) is 5.75 Å².